The SMILES string of the molecule is C[CH-][Si](C)(C)OC.[W]. The molecule has 0 aliphatic heterocycles. The molecule has 0 rings (SSSR count). The average Bonchev–Trinajstić information content (AvgIpc) is 1.68. The molecule has 0 aromatic carbocycles. The summed E-state index contributed by atoms with van der Waals surface area (Å²) < 4.78 is 5.17. The Morgan fingerprint density at radius 2 is 1.75 bits per heavy atom. The maximum atomic E-state index is 5.17. The molecule has 0 amide bonds. The molecule has 0 bridgehead atoms. The van der Waals surface area contributed by atoms with Crippen LogP contribution in [-0.2, 0) is 25.5 Å². The van der Waals surface area contributed by atoms with Gasteiger partial charge < -0.3 is 10.5 Å². The van der Waals surface area contributed by atoms with E-state index < -0.39 is 8.32 Å². The Morgan fingerprint density at radius 1 is 1.38 bits per heavy atom. The predicted octanol–water partition coefficient (Wildman–Crippen LogP) is 1.60. The van der Waals surface area contributed by atoms with Crippen molar-refractivity contribution in [1.29, 1.82) is 0 Å². The summed E-state index contributed by atoms with van der Waals surface area (Å²) in [6, 6.07) is 2.16. The molecule has 50 valence electrons. The van der Waals surface area contributed by atoms with Crippen molar-refractivity contribution in [2.24, 2.45) is 0 Å². The second-order valence-corrected chi connectivity index (χ2v) is 6.29. The molecule has 0 fully saturated rings. The van der Waals surface area contributed by atoms with Crippen LogP contribution in [0.5, 0.6) is 0 Å². The van der Waals surface area contributed by atoms with Gasteiger partial charge in [-0.2, -0.15) is 6.92 Å². The smallest absolute Gasteiger partial charge is 0.0374 e. The molecule has 0 spiro atoms. The zero-order valence-electron chi connectivity index (χ0n) is 5.89. The van der Waals surface area contributed by atoms with Gasteiger partial charge in [0.2, 0.25) is 0 Å². The topological polar surface area (TPSA) is 9.23 Å². The Labute approximate surface area is 67.2 Å². The molecule has 0 radical (unpaired) electrons. The van der Waals surface area contributed by atoms with Crippen molar-refractivity contribution < 1.29 is 25.5 Å². The summed E-state index contributed by atoms with van der Waals surface area (Å²) in [5.74, 6) is 0. The molecular formula is C5H13OSiW-. The maximum Gasteiger partial charge on any atom is 0.0374 e. The van der Waals surface area contributed by atoms with E-state index in [4.69, 9.17) is 4.43 Å². The van der Waals surface area contributed by atoms with Crippen LogP contribution in [-0.4, -0.2) is 15.4 Å². The van der Waals surface area contributed by atoms with Crippen LogP contribution in [0.25, 0.3) is 0 Å². The summed E-state index contributed by atoms with van der Waals surface area (Å²) in [6.07, 6.45) is 0. The standard InChI is InChI=1S/C5H13OSi.W/c1-5-7(3,4)6-2;/h5H,1-4H3;/q-1;. The van der Waals surface area contributed by atoms with Crippen LogP contribution in [0.1, 0.15) is 6.92 Å². The van der Waals surface area contributed by atoms with Crippen molar-refractivity contribution in [1.82, 2.24) is 0 Å². The largest absolute Gasteiger partial charge is 0.452 e. The predicted molar refractivity (Wildman–Crippen MR) is 34.5 cm³/mol. The molecule has 0 saturated heterocycles. The minimum absolute atomic E-state index is 0. The summed E-state index contributed by atoms with van der Waals surface area (Å²) in [7, 11) is 0.494. The fraction of sp³-hybridized carbons (Fsp3) is 0.800. The van der Waals surface area contributed by atoms with Crippen LogP contribution in [0.3, 0.4) is 0 Å². The van der Waals surface area contributed by atoms with Crippen molar-refractivity contribution in [2.45, 2.75) is 20.0 Å². The molecule has 0 aliphatic rings. The Balaban J connectivity index is 0. The van der Waals surface area contributed by atoms with Gasteiger partial charge in [-0.15, -0.1) is 0 Å². The zero-order chi connectivity index (χ0) is 5.91. The molecule has 0 aliphatic carbocycles. The van der Waals surface area contributed by atoms with Crippen molar-refractivity contribution in [3.8, 4) is 0 Å². The van der Waals surface area contributed by atoms with E-state index in [1.807, 2.05) is 0 Å². The van der Waals surface area contributed by atoms with Gasteiger partial charge in [-0.05, 0) is 0 Å². The fourth-order valence-corrected chi connectivity index (χ4v) is 0.354. The van der Waals surface area contributed by atoms with E-state index in [1.165, 1.54) is 0 Å². The van der Waals surface area contributed by atoms with Gasteiger partial charge >= 0.3 is 0 Å². The van der Waals surface area contributed by atoms with Crippen LogP contribution < -0.4 is 0 Å². The normalized spacial score (nSPS) is 10.5. The second kappa shape index (κ2) is 4.72. The Bertz CT molecular complexity index is 50.4. The van der Waals surface area contributed by atoms with Gasteiger partial charge in [0.25, 0.3) is 0 Å². The van der Waals surface area contributed by atoms with Crippen LogP contribution in [0.2, 0.25) is 13.1 Å². The molecule has 0 aromatic rings. The second-order valence-electron chi connectivity index (χ2n) is 2.10. The monoisotopic (exact) mass is 301 g/mol. The molecule has 0 aromatic heterocycles. The fourth-order valence-electron chi connectivity index (χ4n) is 0.118. The van der Waals surface area contributed by atoms with Crippen molar-refractivity contribution in [2.75, 3.05) is 7.11 Å². The molecule has 0 N–H and O–H groups in total. The quantitative estimate of drug-likeness (QED) is 0.556. The van der Waals surface area contributed by atoms with E-state index >= 15 is 0 Å². The van der Waals surface area contributed by atoms with E-state index in [0.717, 1.165) is 0 Å². The minimum atomic E-state index is -1.28. The van der Waals surface area contributed by atoms with Gasteiger partial charge in [0.1, 0.15) is 0 Å². The molecule has 8 heavy (non-hydrogen) atoms. The van der Waals surface area contributed by atoms with E-state index in [-0.39, 0.29) is 21.1 Å². The van der Waals surface area contributed by atoms with E-state index in [1.54, 1.807) is 7.11 Å². The zero-order valence-corrected chi connectivity index (χ0v) is 9.83. The van der Waals surface area contributed by atoms with Crippen molar-refractivity contribution in [3.05, 3.63) is 6.04 Å². The van der Waals surface area contributed by atoms with Gasteiger partial charge in [0.05, 0.1) is 0 Å². The van der Waals surface area contributed by atoms with Gasteiger partial charge in [0.15, 0.2) is 0 Å². The molecule has 0 heterocycles. The van der Waals surface area contributed by atoms with E-state index in [0.29, 0.717) is 0 Å². The number of hydrogen-bond acceptors (Lipinski definition) is 1. The molecule has 3 heteroatoms. The average molecular weight is 301 g/mol. The van der Waals surface area contributed by atoms with Gasteiger partial charge in [0, 0.05) is 36.5 Å². The third kappa shape index (κ3) is 5.01. The Kier molecular flexibility index (Phi) is 6.86. The summed E-state index contributed by atoms with van der Waals surface area (Å²) in [5.41, 5.74) is 0. The van der Waals surface area contributed by atoms with Crippen LogP contribution in [0, 0.1) is 6.04 Å². The van der Waals surface area contributed by atoms with Gasteiger partial charge in [-0.3, -0.25) is 0 Å². The van der Waals surface area contributed by atoms with Crippen LogP contribution in [0.4, 0.5) is 0 Å². The van der Waals surface area contributed by atoms with Crippen LogP contribution >= 0.6 is 0 Å². The van der Waals surface area contributed by atoms with E-state index in [2.05, 4.69) is 26.1 Å². The molecule has 0 unspecified atom stereocenters. The third-order valence-corrected chi connectivity index (χ3v) is 3.66. The Morgan fingerprint density at radius 3 is 1.75 bits per heavy atom. The number of rotatable bonds is 2. The van der Waals surface area contributed by atoms with Gasteiger partial charge in [-0.25, -0.2) is 0 Å². The maximum absolute atomic E-state index is 5.17. The van der Waals surface area contributed by atoms with Gasteiger partial charge in [-0.1, -0.05) is 13.1 Å². The summed E-state index contributed by atoms with van der Waals surface area (Å²) >= 11 is 0. The molecule has 0 saturated carbocycles. The number of hydrogen-bond donors (Lipinski definition) is 0. The summed E-state index contributed by atoms with van der Waals surface area (Å²) in [4.78, 5) is 0. The first kappa shape index (κ1) is 11.6. The first-order valence-electron chi connectivity index (χ1n) is 2.48. The molecule has 0 atom stereocenters. The van der Waals surface area contributed by atoms with Crippen molar-refractivity contribution >= 4 is 8.32 Å². The first-order chi connectivity index (χ1) is 3.12. The van der Waals surface area contributed by atoms with E-state index in [9.17, 15) is 0 Å². The Hall–Kier alpha value is 0.865. The first-order valence-corrected chi connectivity index (χ1v) is 5.46. The third-order valence-electron chi connectivity index (χ3n) is 1.22. The summed E-state index contributed by atoms with van der Waals surface area (Å²) in [6.45, 7) is 6.37. The van der Waals surface area contributed by atoms with Crippen molar-refractivity contribution in [3.63, 3.8) is 0 Å². The van der Waals surface area contributed by atoms with Crippen LogP contribution in [0.15, 0.2) is 0 Å². The minimum Gasteiger partial charge on any atom is -0.452 e. The molecular weight excluding hydrogens is 288 g/mol. The molecule has 1 nitrogen and oxygen atoms in total. The summed E-state index contributed by atoms with van der Waals surface area (Å²) in [5, 5.41) is 0.